The highest BCUT2D eigenvalue weighted by molar-refractivity contribution is 5.84. The quantitative estimate of drug-likeness (QED) is 0.846. The second-order valence-electron chi connectivity index (χ2n) is 6.38. The van der Waals surface area contributed by atoms with Crippen LogP contribution in [0, 0.1) is 5.82 Å². The Kier molecular flexibility index (Phi) is 6.25. The standard InChI is InChI=1S/C20H23FN4O2/c21-17-6-4-5-16(13-17)14-22-19(26)15-23-20(27)25-11-9-24(10-12-25)18-7-2-1-3-8-18/h1-8,13H,9-12,14-15H2,(H,22,26)(H,23,27). The highest BCUT2D eigenvalue weighted by Gasteiger charge is 2.21. The molecule has 0 aromatic heterocycles. The van der Waals surface area contributed by atoms with Crippen molar-refractivity contribution in [1.82, 2.24) is 15.5 Å². The molecule has 0 radical (unpaired) electrons. The fourth-order valence-electron chi connectivity index (χ4n) is 2.98. The predicted octanol–water partition coefficient (Wildman–Crippen LogP) is 1.97. The zero-order chi connectivity index (χ0) is 19.1. The number of carbonyl (C=O) groups is 2. The Morgan fingerprint density at radius 2 is 1.67 bits per heavy atom. The van der Waals surface area contributed by atoms with Crippen molar-refractivity contribution >= 4 is 17.6 Å². The number of halogens is 1. The number of hydrogen-bond acceptors (Lipinski definition) is 3. The highest BCUT2D eigenvalue weighted by atomic mass is 19.1. The molecule has 3 amide bonds. The first kappa shape index (κ1) is 18.7. The summed E-state index contributed by atoms with van der Waals surface area (Å²) in [5, 5.41) is 5.30. The van der Waals surface area contributed by atoms with Crippen LogP contribution in [0.25, 0.3) is 0 Å². The first-order valence-electron chi connectivity index (χ1n) is 8.96. The SMILES string of the molecule is O=C(CNC(=O)N1CCN(c2ccccc2)CC1)NCc1cccc(F)c1. The van der Waals surface area contributed by atoms with E-state index in [9.17, 15) is 14.0 Å². The maximum absolute atomic E-state index is 13.1. The zero-order valence-corrected chi connectivity index (χ0v) is 15.0. The largest absolute Gasteiger partial charge is 0.368 e. The molecule has 1 saturated heterocycles. The molecule has 27 heavy (non-hydrogen) atoms. The number of anilines is 1. The van der Waals surface area contributed by atoms with Gasteiger partial charge < -0.3 is 20.4 Å². The van der Waals surface area contributed by atoms with Crippen molar-refractivity contribution in [2.45, 2.75) is 6.54 Å². The van der Waals surface area contributed by atoms with Gasteiger partial charge in [0.1, 0.15) is 5.82 Å². The molecule has 2 aromatic carbocycles. The van der Waals surface area contributed by atoms with Crippen molar-refractivity contribution in [2.24, 2.45) is 0 Å². The lowest BCUT2D eigenvalue weighted by atomic mass is 10.2. The van der Waals surface area contributed by atoms with E-state index >= 15 is 0 Å². The van der Waals surface area contributed by atoms with Crippen LogP contribution in [-0.4, -0.2) is 49.6 Å². The molecule has 142 valence electrons. The van der Waals surface area contributed by atoms with Crippen molar-refractivity contribution < 1.29 is 14.0 Å². The van der Waals surface area contributed by atoms with Crippen LogP contribution in [0.3, 0.4) is 0 Å². The summed E-state index contributed by atoms with van der Waals surface area (Å²) < 4.78 is 13.1. The number of piperazine rings is 1. The second kappa shape index (κ2) is 9.02. The fourth-order valence-corrected chi connectivity index (χ4v) is 2.98. The van der Waals surface area contributed by atoms with Gasteiger partial charge in [0.05, 0.1) is 6.54 Å². The number of para-hydroxylation sites is 1. The lowest BCUT2D eigenvalue weighted by molar-refractivity contribution is -0.120. The molecule has 0 spiro atoms. The summed E-state index contributed by atoms with van der Waals surface area (Å²) in [7, 11) is 0. The van der Waals surface area contributed by atoms with E-state index in [-0.39, 0.29) is 30.8 Å². The van der Waals surface area contributed by atoms with Crippen molar-refractivity contribution in [3.8, 4) is 0 Å². The molecule has 0 aliphatic carbocycles. The Morgan fingerprint density at radius 1 is 0.926 bits per heavy atom. The monoisotopic (exact) mass is 370 g/mol. The molecule has 7 heteroatoms. The van der Waals surface area contributed by atoms with Gasteiger partial charge in [-0.3, -0.25) is 4.79 Å². The van der Waals surface area contributed by atoms with Gasteiger partial charge in [-0.05, 0) is 29.8 Å². The topological polar surface area (TPSA) is 64.7 Å². The number of rotatable bonds is 5. The number of hydrogen-bond donors (Lipinski definition) is 2. The molecule has 0 bridgehead atoms. The van der Waals surface area contributed by atoms with E-state index in [1.165, 1.54) is 12.1 Å². The van der Waals surface area contributed by atoms with E-state index in [1.807, 2.05) is 18.2 Å². The Hall–Kier alpha value is -3.09. The van der Waals surface area contributed by atoms with E-state index < -0.39 is 0 Å². The van der Waals surface area contributed by atoms with Crippen LogP contribution in [0.2, 0.25) is 0 Å². The molecule has 3 rings (SSSR count). The predicted molar refractivity (Wildman–Crippen MR) is 102 cm³/mol. The summed E-state index contributed by atoms with van der Waals surface area (Å²) in [4.78, 5) is 28.0. The molecule has 0 unspecified atom stereocenters. The highest BCUT2D eigenvalue weighted by Crippen LogP contribution is 2.15. The van der Waals surface area contributed by atoms with Gasteiger partial charge in [-0.1, -0.05) is 30.3 Å². The first-order valence-corrected chi connectivity index (χ1v) is 8.96. The molecular weight excluding hydrogens is 347 g/mol. The summed E-state index contributed by atoms with van der Waals surface area (Å²) in [6, 6.07) is 15.9. The second-order valence-corrected chi connectivity index (χ2v) is 6.38. The van der Waals surface area contributed by atoms with Gasteiger partial charge in [0, 0.05) is 38.4 Å². The number of nitrogens with one attached hydrogen (secondary N) is 2. The van der Waals surface area contributed by atoms with E-state index in [0.29, 0.717) is 18.7 Å². The van der Waals surface area contributed by atoms with Crippen molar-refractivity contribution in [3.63, 3.8) is 0 Å². The van der Waals surface area contributed by atoms with E-state index in [2.05, 4.69) is 27.7 Å². The maximum Gasteiger partial charge on any atom is 0.317 e. The average molecular weight is 370 g/mol. The van der Waals surface area contributed by atoms with Crippen LogP contribution in [0.5, 0.6) is 0 Å². The van der Waals surface area contributed by atoms with Gasteiger partial charge in [-0.2, -0.15) is 0 Å². The fraction of sp³-hybridized carbons (Fsp3) is 0.300. The Morgan fingerprint density at radius 3 is 2.37 bits per heavy atom. The Bertz CT molecular complexity index is 777. The smallest absolute Gasteiger partial charge is 0.317 e. The molecule has 0 atom stereocenters. The van der Waals surface area contributed by atoms with Gasteiger partial charge in [0.15, 0.2) is 0 Å². The Labute approximate surface area is 158 Å². The molecule has 1 fully saturated rings. The van der Waals surface area contributed by atoms with Crippen molar-refractivity contribution in [3.05, 3.63) is 66.0 Å². The van der Waals surface area contributed by atoms with Gasteiger partial charge >= 0.3 is 6.03 Å². The van der Waals surface area contributed by atoms with Crippen LogP contribution in [0.1, 0.15) is 5.56 Å². The number of benzene rings is 2. The molecule has 2 aromatic rings. The third-order valence-corrected chi connectivity index (χ3v) is 4.47. The van der Waals surface area contributed by atoms with Crippen LogP contribution >= 0.6 is 0 Å². The lowest BCUT2D eigenvalue weighted by Gasteiger charge is -2.36. The third kappa shape index (κ3) is 5.44. The molecule has 6 nitrogen and oxygen atoms in total. The summed E-state index contributed by atoms with van der Waals surface area (Å²) in [6.45, 7) is 2.83. The minimum Gasteiger partial charge on any atom is -0.368 e. The molecule has 1 aliphatic rings. The van der Waals surface area contributed by atoms with E-state index in [4.69, 9.17) is 0 Å². The van der Waals surface area contributed by atoms with Crippen LogP contribution in [0.4, 0.5) is 14.9 Å². The number of nitrogens with zero attached hydrogens (tertiary/aromatic N) is 2. The lowest BCUT2D eigenvalue weighted by Crippen LogP contribution is -2.53. The van der Waals surface area contributed by atoms with Gasteiger partial charge in [0.25, 0.3) is 0 Å². The number of urea groups is 1. The zero-order valence-electron chi connectivity index (χ0n) is 15.0. The number of carbonyl (C=O) groups excluding carboxylic acids is 2. The minimum absolute atomic E-state index is 0.104. The summed E-state index contributed by atoms with van der Waals surface area (Å²) >= 11 is 0. The molecular formula is C20H23FN4O2. The van der Waals surface area contributed by atoms with E-state index in [0.717, 1.165) is 18.8 Å². The van der Waals surface area contributed by atoms with Crippen LogP contribution in [0.15, 0.2) is 54.6 Å². The van der Waals surface area contributed by atoms with Crippen LogP contribution < -0.4 is 15.5 Å². The normalized spacial score (nSPS) is 14.0. The minimum atomic E-state index is -0.343. The molecule has 2 N–H and O–H groups in total. The van der Waals surface area contributed by atoms with Crippen molar-refractivity contribution in [2.75, 3.05) is 37.6 Å². The molecule has 1 aliphatic heterocycles. The van der Waals surface area contributed by atoms with Crippen molar-refractivity contribution in [1.29, 1.82) is 0 Å². The molecule has 1 heterocycles. The Balaban J connectivity index is 1.37. The average Bonchev–Trinajstić information content (AvgIpc) is 2.71. The summed E-state index contributed by atoms with van der Waals surface area (Å²) in [5.41, 5.74) is 1.82. The number of amides is 3. The third-order valence-electron chi connectivity index (χ3n) is 4.47. The van der Waals surface area contributed by atoms with Gasteiger partial charge in [0.2, 0.25) is 5.91 Å². The van der Waals surface area contributed by atoms with Crippen LogP contribution in [-0.2, 0) is 11.3 Å². The first-order chi connectivity index (χ1) is 13.1. The van der Waals surface area contributed by atoms with Gasteiger partial charge in [-0.15, -0.1) is 0 Å². The van der Waals surface area contributed by atoms with E-state index in [1.54, 1.807) is 17.0 Å². The maximum atomic E-state index is 13.1. The summed E-state index contributed by atoms with van der Waals surface area (Å²) in [6.07, 6.45) is 0. The summed E-state index contributed by atoms with van der Waals surface area (Å²) in [5.74, 6) is -0.653. The van der Waals surface area contributed by atoms with Gasteiger partial charge in [-0.25, -0.2) is 9.18 Å². The molecule has 0 saturated carbocycles.